The van der Waals surface area contributed by atoms with Gasteiger partial charge in [-0.15, -0.1) is 0 Å². The van der Waals surface area contributed by atoms with Crippen LogP contribution in [0, 0.1) is 0 Å². The van der Waals surface area contributed by atoms with Gasteiger partial charge in [0.2, 0.25) is 0 Å². The first-order valence-corrected chi connectivity index (χ1v) is 4.75. The van der Waals surface area contributed by atoms with Crippen LogP contribution in [0.25, 0.3) is 0 Å². The Kier molecular flexibility index (Phi) is 2.62. The fraction of sp³-hybridized carbons (Fsp3) is 0.273. The van der Waals surface area contributed by atoms with E-state index in [1.54, 1.807) is 6.07 Å². The molecule has 0 radical (unpaired) electrons. The van der Waals surface area contributed by atoms with E-state index < -0.39 is 11.9 Å². The lowest BCUT2D eigenvalue weighted by molar-refractivity contribution is -0.259. The summed E-state index contributed by atoms with van der Waals surface area (Å²) in [6, 6.07) is 4.23. The van der Waals surface area contributed by atoms with Crippen LogP contribution in [0.4, 0.5) is 0 Å². The van der Waals surface area contributed by atoms with Crippen molar-refractivity contribution in [1.29, 1.82) is 0 Å². The fourth-order valence-electron chi connectivity index (χ4n) is 1.61. The Balaban J connectivity index is 2.45. The molecule has 0 bridgehead atoms. The number of ether oxygens (including phenoxy) is 1. The van der Waals surface area contributed by atoms with Gasteiger partial charge in [0.05, 0.1) is 24.6 Å². The lowest BCUT2D eigenvalue weighted by atomic mass is 9.98. The van der Waals surface area contributed by atoms with Crippen molar-refractivity contribution in [1.82, 2.24) is 0 Å². The molecule has 84 valence electrons. The van der Waals surface area contributed by atoms with Crippen molar-refractivity contribution >= 4 is 11.9 Å². The van der Waals surface area contributed by atoms with E-state index in [2.05, 4.69) is 0 Å². The highest BCUT2D eigenvalue weighted by Gasteiger charge is 2.24. The zero-order chi connectivity index (χ0) is 11.7. The summed E-state index contributed by atoms with van der Waals surface area (Å²) in [7, 11) is 0. The van der Waals surface area contributed by atoms with Gasteiger partial charge in [-0.05, 0) is 5.56 Å². The van der Waals surface area contributed by atoms with E-state index in [1.807, 2.05) is 0 Å². The van der Waals surface area contributed by atoms with Gasteiger partial charge in [0.1, 0.15) is 0 Å². The lowest BCUT2D eigenvalue weighted by Gasteiger charge is -2.15. The zero-order valence-electron chi connectivity index (χ0n) is 8.26. The summed E-state index contributed by atoms with van der Waals surface area (Å²) in [5.74, 6) is -3.02. The van der Waals surface area contributed by atoms with E-state index in [9.17, 15) is 19.8 Å². The van der Waals surface area contributed by atoms with Crippen LogP contribution >= 0.6 is 0 Å². The van der Waals surface area contributed by atoms with E-state index in [1.165, 1.54) is 12.1 Å². The van der Waals surface area contributed by atoms with E-state index >= 15 is 0 Å². The van der Waals surface area contributed by atoms with Crippen molar-refractivity contribution in [2.75, 3.05) is 6.61 Å². The number of carbonyl (C=O) groups excluding carboxylic acids is 2. The number of epoxide rings is 1. The average Bonchev–Trinajstić information content (AvgIpc) is 3.00. The van der Waals surface area contributed by atoms with Crippen molar-refractivity contribution in [3.8, 4) is 0 Å². The number of benzene rings is 1. The number of hydrogen-bond acceptors (Lipinski definition) is 5. The molecule has 0 saturated carbocycles. The summed E-state index contributed by atoms with van der Waals surface area (Å²) < 4.78 is 4.97. The van der Waals surface area contributed by atoms with Crippen LogP contribution in [0.2, 0.25) is 0 Å². The molecule has 0 N–H and O–H groups in total. The second-order valence-corrected chi connectivity index (χ2v) is 3.57. The van der Waals surface area contributed by atoms with E-state index in [-0.39, 0.29) is 17.2 Å². The number of carboxylic acid groups (broad SMARTS) is 2. The molecule has 5 nitrogen and oxygen atoms in total. The molecule has 1 saturated heterocycles. The van der Waals surface area contributed by atoms with Crippen LogP contribution in [0.5, 0.6) is 0 Å². The molecule has 1 aliphatic heterocycles. The Morgan fingerprint density at radius 2 is 2.00 bits per heavy atom. The summed E-state index contributed by atoms with van der Waals surface area (Å²) in [5.41, 5.74) is -0.250. The summed E-state index contributed by atoms with van der Waals surface area (Å²) >= 11 is 0. The Morgan fingerprint density at radius 3 is 2.50 bits per heavy atom. The maximum atomic E-state index is 10.9. The average molecular weight is 220 g/mol. The third-order valence-corrected chi connectivity index (χ3v) is 2.42. The molecular formula is C11H8O5-2. The number of carbonyl (C=O) groups is 2. The summed E-state index contributed by atoms with van der Waals surface area (Å²) in [6.07, 6.45) is 0.361. The van der Waals surface area contributed by atoms with Gasteiger partial charge < -0.3 is 24.5 Å². The highest BCUT2D eigenvalue weighted by Crippen LogP contribution is 2.21. The largest absolute Gasteiger partial charge is 0.545 e. The maximum absolute atomic E-state index is 10.9. The van der Waals surface area contributed by atoms with Gasteiger partial charge in [0.15, 0.2) is 0 Å². The molecule has 0 spiro atoms. The second-order valence-electron chi connectivity index (χ2n) is 3.57. The molecule has 2 rings (SSSR count). The smallest absolute Gasteiger partial charge is 0.0850 e. The van der Waals surface area contributed by atoms with E-state index in [0.29, 0.717) is 18.6 Å². The number of rotatable bonds is 4. The van der Waals surface area contributed by atoms with Crippen LogP contribution in [0.3, 0.4) is 0 Å². The van der Waals surface area contributed by atoms with Crippen molar-refractivity contribution in [2.24, 2.45) is 0 Å². The molecule has 1 atom stereocenters. The van der Waals surface area contributed by atoms with Crippen LogP contribution in [-0.4, -0.2) is 24.6 Å². The first-order valence-electron chi connectivity index (χ1n) is 4.75. The molecule has 0 aliphatic carbocycles. The van der Waals surface area contributed by atoms with Crippen molar-refractivity contribution in [2.45, 2.75) is 12.5 Å². The molecule has 16 heavy (non-hydrogen) atoms. The van der Waals surface area contributed by atoms with E-state index in [4.69, 9.17) is 4.74 Å². The second kappa shape index (κ2) is 3.94. The van der Waals surface area contributed by atoms with Gasteiger partial charge in [-0.3, -0.25) is 0 Å². The molecule has 1 fully saturated rings. The molecule has 5 heteroatoms. The molecule has 1 aliphatic rings. The number of hydrogen-bond donors (Lipinski definition) is 0. The minimum atomic E-state index is -1.52. The molecule has 0 aromatic heterocycles. The van der Waals surface area contributed by atoms with Crippen molar-refractivity contribution in [3.63, 3.8) is 0 Å². The molecule has 1 aromatic carbocycles. The monoisotopic (exact) mass is 220 g/mol. The topological polar surface area (TPSA) is 92.8 Å². The highest BCUT2D eigenvalue weighted by atomic mass is 16.6. The lowest BCUT2D eigenvalue weighted by Crippen LogP contribution is -2.31. The first kappa shape index (κ1) is 10.6. The van der Waals surface area contributed by atoms with Gasteiger partial charge in [-0.2, -0.15) is 0 Å². The minimum Gasteiger partial charge on any atom is -0.545 e. The SMILES string of the molecule is O=C([O-])c1cccc(CC2CO2)c1C(=O)[O-]. The van der Waals surface area contributed by atoms with Crippen LogP contribution in [-0.2, 0) is 11.2 Å². The van der Waals surface area contributed by atoms with Crippen LogP contribution in [0.1, 0.15) is 26.3 Å². The minimum absolute atomic E-state index is 0.0184. The van der Waals surface area contributed by atoms with Crippen molar-refractivity contribution < 1.29 is 24.5 Å². The summed E-state index contributed by atoms with van der Waals surface area (Å²) in [5, 5.41) is 21.7. The van der Waals surface area contributed by atoms with Crippen molar-refractivity contribution in [3.05, 3.63) is 34.9 Å². The van der Waals surface area contributed by atoms with Gasteiger partial charge in [-0.25, -0.2) is 0 Å². The Labute approximate surface area is 91.3 Å². The summed E-state index contributed by atoms with van der Waals surface area (Å²) in [6.45, 7) is 0.571. The predicted octanol–water partition coefficient (Wildman–Crippen LogP) is -1.65. The maximum Gasteiger partial charge on any atom is 0.0850 e. The fourth-order valence-corrected chi connectivity index (χ4v) is 1.61. The van der Waals surface area contributed by atoms with E-state index in [0.717, 1.165) is 0 Å². The normalized spacial score (nSPS) is 18.1. The number of aromatic carboxylic acids is 2. The molecule has 1 unspecified atom stereocenters. The van der Waals surface area contributed by atoms with Crippen LogP contribution < -0.4 is 10.2 Å². The van der Waals surface area contributed by atoms with Gasteiger partial charge in [-0.1, -0.05) is 18.2 Å². The van der Waals surface area contributed by atoms with Gasteiger partial charge in [0.25, 0.3) is 0 Å². The molecule has 1 heterocycles. The zero-order valence-corrected chi connectivity index (χ0v) is 8.26. The Bertz CT molecular complexity index is 448. The van der Waals surface area contributed by atoms with Gasteiger partial charge in [0, 0.05) is 17.5 Å². The predicted molar refractivity (Wildman–Crippen MR) is 48.5 cm³/mol. The standard InChI is InChI=1S/C11H10O5/c12-10(13)8-3-1-2-6(4-7-5-16-7)9(8)11(14)15/h1-3,7H,4-5H2,(H,12,13)(H,14,15)/p-2. The highest BCUT2D eigenvalue weighted by molar-refractivity contribution is 6.01. The Hall–Kier alpha value is -1.88. The molecular weight excluding hydrogens is 212 g/mol. The third kappa shape index (κ3) is 2.04. The Morgan fingerprint density at radius 1 is 1.31 bits per heavy atom. The number of carboxylic acids is 2. The summed E-state index contributed by atoms with van der Waals surface area (Å²) in [4.78, 5) is 21.7. The molecule has 0 amide bonds. The third-order valence-electron chi connectivity index (χ3n) is 2.42. The van der Waals surface area contributed by atoms with Crippen LogP contribution in [0.15, 0.2) is 18.2 Å². The first-order chi connectivity index (χ1) is 7.59. The van der Waals surface area contributed by atoms with Gasteiger partial charge >= 0.3 is 0 Å². The molecule has 1 aromatic rings. The quantitative estimate of drug-likeness (QED) is 0.567.